The number of carbonyl (C=O) groups excluding carboxylic acids is 2. The molecule has 1 aromatic carbocycles. The van der Waals surface area contributed by atoms with E-state index in [1.54, 1.807) is 24.5 Å². The van der Waals surface area contributed by atoms with Gasteiger partial charge in [-0.15, -0.1) is 0 Å². The van der Waals surface area contributed by atoms with Crippen LogP contribution in [0.25, 0.3) is 33.1 Å². The summed E-state index contributed by atoms with van der Waals surface area (Å²) in [6.07, 6.45) is 7.19. The van der Waals surface area contributed by atoms with Gasteiger partial charge in [0.05, 0.1) is 33.9 Å². The lowest BCUT2D eigenvalue weighted by Gasteiger charge is -2.35. The predicted octanol–water partition coefficient (Wildman–Crippen LogP) is 3.24. The largest absolute Gasteiger partial charge is 0.359 e. The van der Waals surface area contributed by atoms with E-state index in [1.807, 2.05) is 24.3 Å². The number of benzene rings is 1. The molecular formula is C26H20FN7O2. The number of halogens is 1. The van der Waals surface area contributed by atoms with Gasteiger partial charge in [0, 0.05) is 55.7 Å². The van der Waals surface area contributed by atoms with Crippen LogP contribution >= 0.6 is 0 Å². The standard InChI is InChI=1S/C26H20FN7O2/c27-19-14-30-22(16-4-3-7-28-12-16)23-21(19)18(13-29-23)24(35)26(36)34-10-8-33(9-11-34)25-17-5-1-2-6-20(17)31-15-32-25/h1-7,12-15,29H,8-11H2. The number of Topliss-reactive ketones (excluding diaryl/α,β-unsaturated/α-hetero) is 1. The topological polar surface area (TPSA) is 108 Å². The number of ketones is 1. The molecule has 6 rings (SSSR count). The van der Waals surface area contributed by atoms with Crippen LogP contribution in [0.4, 0.5) is 10.2 Å². The molecule has 10 heteroatoms. The molecule has 0 saturated carbocycles. The van der Waals surface area contributed by atoms with E-state index in [9.17, 15) is 14.0 Å². The number of nitrogens with one attached hydrogen (secondary N) is 1. The van der Waals surface area contributed by atoms with E-state index in [4.69, 9.17) is 0 Å². The molecule has 4 aromatic heterocycles. The van der Waals surface area contributed by atoms with Gasteiger partial charge < -0.3 is 14.8 Å². The van der Waals surface area contributed by atoms with E-state index in [1.165, 1.54) is 17.4 Å². The van der Waals surface area contributed by atoms with Gasteiger partial charge >= 0.3 is 0 Å². The second kappa shape index (κ2) is 8.81. The summed E-state index contributed by atoms with van der Waals surface area (Å²) in [6.45, 7) is 1.71. The lowest BCUT2D eigenvalue weighted by atomic mass is 10.1. The highest BCUT2D eigenvalue weighted by Gasteiger charge is 2.30. The van der Waals surface area contributed by atoms with Gasteiger partial charge in [-0.3, -0.25) is 19.6 Å². The average Bonchev–Trinajstić information content (AvgIpc) is 3.39. The molecule has 0 bridgehead atoms. The summed E-state index contributed by atoms with van der Waals surface area (Å²) in [6, 6.07) is 11.3. The van der Waals surface area contributed by atoms with Gasteiger partial charge in [0.25, 0.3) is 11.7 Å². The van der Waals surface area contributed by atoms with Crippen LogP contribution in [0.15, 0.2) is 67.5 Å². The van der Waals surface area contributed by atoms with Crippen molar-refractivity contribution in [1.82, 2.24) is 29.8 Å². The summed E-state index contributed by atoms with van der Waals surface area (Å²) >= 11 is 0. The number of nitrogens with zero attached hydrogens (tertiary/aromatic N) is 6. The second-order valence-corrected chi connectivity index (χ2v) is 8.47. The van der Waals surface area contributed by atoms with Gasteiger partial charge in [0.15, 0.2) is 5.82 Å². The first-order valence-corrected chi connectivity index (χ1v) is 11.5. The van der Waals surface area contributed by atoms with E-state index >= 15 is 0 Å². The van der Waals surface area contributed by atoms with Crippen molar-refractivity contribution >= 4 is 39.3 Å². The third kappa shape index (κ3) is 3.63. The summed E-state index contributed by atoms with van der Waals surface area (Å²) < 4.78 is 14.8. The normalized spacial score (nSPS) is 13.9. The van der Waals surface area contributed by atoms with Crippen molar-refractivity contribution in [2.75, 3.05) is 31.1 Å². The first kappa shape index (κ1) is 21.8. The molecule has 9 nitrogen and oxygen atoms in total. The monoisotopic (exact) mass is 481 g/mol. The molecule has 1 aliphatic heterocycles. The molecule has 0 aliphatic carbocycles. The number of hydrogen-bond donors (Lipinski definition) is 1. The summed E-state index contributed by atoms with van der Waals surface area (Å²) in [4.78, 5) is 49.8. The molecule has 0 radical (unpaired) electrons. The van der Waals surface area contributed by atoms with Gasteiger partial charge in [-0.05, 0) is 24.3 Å². The third-order valence-electron chi connectivity index (χ3n) is 6.42. The molecule has 0 atom stereocenters. The summed E-state index contributed by atoms with van der Waals surface area (Å²) in [5.41, 5.74) is 2.31. The van der Waals surface area contributed by atoms with Crippen LogP contribution < -0.4 is 4.90 Å². The first-order chi connectivity index (χ1) is 17.6. The molecule has 1 N–H and O–H groups in total. The second-order valence-electron chi connectivity index (χ2n) is 8.47. The number of piperazine rings is 1. The molecule has 1 fully saturated rings. The van der Waals surface area contributed by atoms with E-state index in [2.05, 4.69) is 29.8 Å². The molecule has 36 heavy (non-hydrogen) atoms. The van der Waals surface area contributed by atoms with E-state index < -0.39 is 17.5 Å². The van der Waals surface area contributed by atoms with Crippen molar-refractivity contribution in [3.8, 4) is 11.3 Å². The number of anilines is 1. The number of aromatic amines is 1. The fourth-order valence-corrected chi connectivity index (χ4v) is 4.63. The Labute approximate surface area is 204 Å². The highest BCUT2D eigenvalue weighted by molar-refractivity contribution is 6.45. The van der Waals surface area contributed by atoms with E-state index in [0.29, 0.717) is 43.0 Å². The predicted molar refractivity (Wildman–Crippen MR) is 132 cm³/mol. The van der Waals surface area contributed by atoms with E-state index in [0.717, 1.165) is 22.9 Å². The number of fused-ring (bicyclic) bond motifs is 2. The summed E-state index contributed by atoms with van der Waals surface area (Å²) in [5, 5.41) is 0.983. The Bertz CT molecular complexity index is 1610. The molecule has 1 aliphatic rings. The lowest BCUT2D eigenvalue weighted by molar-refractivity contribution is -0.126. The number of H-pyrrole nitrogens is 1. The van der Waals surface area contributed by atoms with Crippen molar-refractivity contribution in [1.29, 1.82) is 0 Å². The van der Waals surface area contributed by atoms with Crippen LogP contribution in [-0.4, -0.2) is 67.7 Å². The van der Waals surface area contributed by atoms with Crippen LogP contribution in [0.3, 0.4) is 0 Å². The maximum absolute atomic E-state index is 14.8. The highest BCUT2D eigenvalue weighted by atomic mass is 19.1. The highest BCUT2D eigenvalue weighted by Crippen LogP contribution is 2.30. The van der Waals surface area contributed by atoms with Crippen molar-refractivity contribution in [3.05, 3.63) is 78.9 Å². The van der Waals surface area contributed by atoms with Gasteiger partial charge in [-0.25, -0.2) is 14.4 Å². The average molecular weight is 481 g/mol. The first-order valence-electron chi connectivity index (χ1n) is 11.5. The van der Waals surface area contributed by atoms with Crippen LogP contribution in [-0.2, 0) is 4.79 Å². The van der Waals surface area contributed by atoms with Crippen LogP contribution in [0, 0.1) is 5.82 Å². The van der Waals surface area contributed by atoms with Gasteiger partial charge in [-0.1, -0.05) is 12.1 Å². The smallest absolute Gasteiger partial charge is 0.295 e. The lowest BCUT2D eigenvalue weighted by Crippen LogP contribution is -2.51. The minimum Gasteiger partial charge on any atom is -0.359 e. The molecule has 5 heterocycles. The number of carbonyl (C=O) groups is 2. The van der Waals surface area contributed by atoms with E-state index in [-0.39, 0.29) is 10.9 Å². The van der Waals surface area contributed by atoms with Crippen molar-refractivity contribution in [2.24, 2.45) is 0 Å². The van der Waals surface area contributed by atoms with Crippen molar-refractivity contribution in [3.63, 3.8) is 0 Å². The van der Waals surface area contributed by atoms with Gasteiger partial charge in [0.1, 0.15) is 12.1 Å². The number of para-hydroxylation sites is 1. The molecule has 0 spiro atoms. The Morgan fingerprint density at radius 3 is 2.58 bits per heavy atom. The Kier molecular flexibility index (Phi) is 5.33. The zero-order chi connectivity index (χ0) is 24.6. The van der Waals surface area contributed by atoms with Crippen molar-refractivity contribution in [2.45, 2.75) is 0 Å². The minimum absolute atomic E-state index is 0.00994. The number of hydrogen-bond acceptors (Lipinski definition) is 7. The third-order valence-corrected chi connectivity index (χ3v) is 6.42. The van der Waals surface area contributed by atoms with Gasteiger partial charge in [-0.2, -0.15) is 0 Å². The number of rotatable bonds is 4. The number of pyridine rings is 2. The zero-order valence-corrected chi connectivity index (χ0v) is 19.1. The Morgan fingerprint density at radius 1 is 0.944 bits per heavy atom. The molecule has 1 amide bonds. The summed E-state index contributed by atoms with van der Waals surface area (Å²) in [7, 11) is 0. The summed E-state index contributed by atoms with van der Waals surface area (Å²) in [5.74, 6) is -1.30. The minimum atomic E-state index is -0.760. The Morgan fingerprint density at radius 2 is 1.78 bits per heavy atom. The van der Waals surface area contributed by atoms with Crippen LogP contribution in [0.2, 0.25) is 0 Å². The number of aromatic nitrogens is 5. The maximum atomic E-state index is 14.8. The fourth-order valence-electron chi connectivity index (χ4n) is 4.63. The quantitative estimate of drug-likeness (QED) is 0.310. The Hall–Kier alpha value is -4.73. The zero-order valence-electron chi connectivity index (χ0n) is 19.1. The Balaban J connectivity index is 1.24. The molecule has 5 aromatic rings. The number of amides is 1. The molecular weight excluding hydrogens is 461 g/mol. The molecule has 178 valence electrons. The SMILES string of the molecule is O=C(C(=O)N1CCN(c2ncnc3ccccc23)CC1)c1c[nH]c2c(-c3cccnc3)ncc(F)c12. The van der Waals surface area contributed by atoms with Crippen LogP contribution in [0.5, 0.6) is 0 Å². The van der Waals surface area contributed by atoms with Gasteiger partial charge in [0.2, 0.25) is 0 Å². The maximum Gasteiger partial charge on any atom is 0.295 e. The van der Waals surface area contributed by atoms with Crippen LogP contribution in [0.1, 0.15) is 10.4 Å². The fraction of sp³-hybridized carbons (Fsp3) is 0.154. The molecule has 0 unspecified atom stereocenters. The molecule has 1 saturated heterocycles. The van der Waals surface area contributed by atoms with Crippen molar-refractivity contribution < 1.29 is 14.0 Å².